The number of benzene rings is 1. The third-order valence-corrected chi connectivity index (χ3v) is 3.54. The van der Waals surface area contributed by atoms with Gasteiger partial charge in [-0.2, -0.15) is 0 Å². The van der Waals surface area contributed by atoms with Gasteiger partial charge in [-0.05, 0) is 25.1 Å². The minimum Gasteiger partial charge on any atom is -0.309 e. The molecule has 0 spiro atoms. The average Bonchev–Trinajstić information content (AvgIpc) is 2.17. The molecule has 0 amide bonds. The first-order valence-corrected chi connectivity index (χ1v) is 7.57. The zero-order chi connectivity index (χ0) is 13.1. The van der Waals surface area contributed by atoms with Gasteiger partial charge >= 0.3 is 0 Å². The molecule has 0 aliphatic rings. The Balaban J connectivity index is 2.58. The van der Waals surface area contributed by atoms with Gasteiger partial charge < -0.3 is 5.32 Å². The summed E-state index contributed by atoms with van der Waals surface area (Å²) in [6, 6.07) is 4.06. The lowest BCUT2D eigenvalue weighted by Crippen LogP contribution is -2.32. The maximum Gasteiger partial charge on any atom is 0.148 e. The monoisotopic (exact) mass is 279 g/mol. The first-order valence-electron chi connectivity index (χ1n) is 5.13. The number of hydrogen-bond donors (Lipinski definition) is 1. The van der Waals surface area contributed by atoms with Crippen LogP contribution in [0.1, 0.15) is 12.5 Å². The third kappa shape index (κ3) is 5.48. The van der Waals surface area contributed by atoms with Crippen molar-refractivity contribution in [3.63, 3.8) is 0 Å². The molecule has 0 fully saturated rings. The molecule has 0 aromatic heterocycles. The van der Waals surface area contributed by atoms with Crippen LogP contribution in [0.15, 0.2) is 18.2 Å². The van der Waals surface area contributed by atoms with E-state index in [-0.39, 0.29) is 24.2 Å². The van der Waals surface area contributed by atoms with Crippen molar-refractivity contribution >= 4 is 21.4 Å². The van der Waals surface area contributed by atoms with E-state index in [0.29, 0.717) is 10.6 Å². The van der Waals surface area contributed by atoms with Crippen LogP contribution in [0.5, 0.6) is 0 Å². The fraction of sp³-hybridized carbons (Fsp3) is 0.455. The van der Waals surface area contributed by atoms with Crippen LogP contribution in [0.3, 0.4) is 0 Å². The third-order valence-electron chi connectivity index (χ3n) is 2.20. The van der Waals surface area contributed by atoms with E-state index >= 15 is 0 Å². The van der Waals surface area contributed by atoms with Crippen LogP contribution in [-0.2, 0) is 16.4 Å². The zero-order valence-electron chi connectivity index (χ0n) is 9.70. The Labute approximate surface area is 106 Å². The van der Waals surface area contributed by atoms with Crippen molar-refractivity contribution in [3.05, 3.63) is 34.6 Å². The molecule has 0 aliphatic heterocycles. The molecular formula is C11H15ClFNO2S. The topological polar surface area (TPSA) is 46.2 Å². The Morgan fingerprint density at radius 1 is 1.47 bits per heavy atom. The van der Waals surface area contributed by atoms with Crippen molar-refractivity contribution in [2.24, 2.45) is 0 Å². The number of halogens is 2. The number of rotatable bonds is 5. The van der Waals surface area contributed by atoms with Crippen molar-refractivity contribution in [1.82, 2.24) is 5.32 Å². The van der Waals surface area contributed by atoms with Crippen molar-refractivity contribution in [2.75, 3.05) is 12.0 Å². The van der Waals surface area contributed by atoms with Crippen molar-refractivity contribution in [2.45, 2.75) is 19.5 Å². The van der Waals surface area contributed by atoms with Gasteiger partial charge in [0.2, 0.25) is 0 Å². The highest BCUT2D eigenvalue weighted by Crippen LogP contribution is 2.14. The molecule has 0 saturated heterocycles. The second-order valence-electron chi connectivity index (χ2n) is 4.11. The Bertz CT molecular complexity index is 490. The second-order valence-corrected chi connectivity index (χ2v) is 6.73. The van der Waals surface area contributed by atoms with Gasteiger partial charge in [-0.25, -0.2) is 12.8 Å². The van der Waals surface area contributed by atoms with E-state index in [2.05, 4.69) is 5.32 Å². The van der Waals surface area contributed by atoms with Crippen LogP contribution < -0.4 is 5.32 Å². The smallest absolute Gasteiger partial charge is 0.148 e. The summed E-state index contributed by atoms with van der Waals surface area (Å²) in [4.78, 5) is 0. The van der Waals surface area contributed by atoms with Crippen LogP contribution >= 0.6 is 11.6 Å². The highest BCUT2D eigenvalue weighted by atomic mass is 35.5. The van der Waals surface area contributed by atoms with Crippen LogP contribution in [0.25, 0.3) is 0 Å². The SMILES string of the molecule is C[C@H](CS(C)(=O)=O)NCc1cc(Cl)ccc1F. The normalized spacial score (nSPS) is 13.6. The highest BCUT2D eigenvalue weighted by Gasteiger charge is 2.11. The summed E-state index contributed by atoms with van der Waals surface area (Å²) >= 11 is 5.75. The van der Waals surface area contributed by atoms with E-state index < -0.39 is 9.84 Å². The molecule has 17 heavy (non-hydrogen) atoms. The number of nitrogens with one attached hydrogen (secondary N) is 1. The van der Waals surface area contributed by atoms with Crippen molar-refractivity contribution in [1.29, 1.82) is 0 Å². The molecule has 3 nitrogen and oxygen atoms in total. The van der Waals surface area contributed by atoms with Gasteiger partial charge in [0, 0.05) is 29.4 Å². The van der Waals surface area contributed by atoms with E-state index in [1.807, 2.05) is 0 Å². The molecule has 1 N–H and O–H groups in total. The summed E-state index contributed by atoms with van der Waals surface area (Å²) < 4.78 is 35.4. The first-order chi connectivity index (χ1) is 7.78. The maximum absolute atomic E-state index is 13.3. The molecule has 0 unspecified atom stereocenters. The molecule has 1 atom stereocenters. The standard InChI is InChI=1S/C11H15ClFNO2S/c1-8(7-17(2,15)16)14-6-9-5-10(12)3-4-11(9)13/h3-5,8,14H,6-7H2,1-2H3/t8-/m1/s1. The van der Waals surface area contributed by atoms with Gasteiger partial charge in [0.1, 0.15) is 15.7 Å². The van der Waals surface area contributed by atoms with Gasteiger partial charge in [0.25, 0.3) is 0 Å². The molecule has 96 valence electrons. The Morgan fingerprint density at radius 3 is 2.71 bits per heavy atom. The van der Waals surface area contributed by atoms with Crippen LogP contribution in [0.4, 0.5) is 4.39 Å². The molecular weight excluding hydrogens is 265 g/mol. The van der Waals surface area contributed by atoms with Gasteiger partial charge in [-0.15, -0.1) is 0 Å². The average molecular weight is 280 g/mol. The quantitative estimate of drug-likeness (QED) is 0.897. The molecule has 0 radical (unpaired) electrons. The summed E-state index contributed by atoms with van der Waals surface area (Å²) in [7, 11) is -3.03. The minimum absolute atomic E-state index is 0.0230. The van der Waals surface area contributed by atoms with Crippen LogP contribution in [0.2, 0.25) is 5.02 Å². The zero-order valence-corrected chi connectivity index (χ0v) is 11.3. The van der Waals surface area contributed by atoms with E-state index in [1.54, 1.807) is 6.92 Å². The van der Waals surface area contributed by atoms with E-state index in [9.17, 15) is 12.8 Å². The lowest BCUT2D eigenvalue weighted by Gasteiger charge is -2.13. The summed E-state index contributed by atoms with van der Waals surface area (Å²) in [6.07, 6.45) is 1.17. The lowest BCUT2D eigenvalue weighted by molar-refractivity contribution is 0.542. The van der Waals surface area contributed by atoms with Crippen LogP contribution in [-0.4, -0.2) is 26.5 Å². The maximum atomic E-state index is 13.3. The number of hydrogen-bond acceptors (Lipinski definition) is 3. The van der Waals surface area contributed by atoms with E-state index in [0.717, 1.165) is 0 Å². The molecule has 0 heterocycles. The largest absolute Gasteiger partial charge is 0.309 e. The summed E-state index contributed by atoms with van der Waals surface area (Å²) in [6.45, 7) is 1.99. The second kappa shape index (κ2) is 5.80. The highest BCUT2D eigenvalue weighted by molar-refractivity contribution is 7.90. The lowest BCUT2D eigenvalue weighted by atomic mass is 10.2. The minimum atomic E-state index is -3.03. The Kier molecular flexibility index (Phi) is 4.91. The Hall–Kier alpha value is -0.650. The van der Waals surface area contributed by atoms with Crippen molar-refractivity contribution in [3.8, 4) is 0 Å². The summed E-state index contributed by atoms with van der Waals surface area (Å²) in [5.74, 6) is -0.330. The van der Waals surface area contributed by atoms with E-state index in [4.69, 9.17) is 11.6 Å². The summed E-state index contributed by atoms with van der Waals surface area (Å²) in [5, 5.41) is 3.40. The molecule has 6 heteroatoms. The Morgan fingerprint density at radius 2 is 2.12 bits per heavy atom. The first kappa shape index (κ1) is 14.4. The number of sulfone groups is 1. The van der Waals surface area contributed by atoms with Gasteiger partial charge in [-0.3, -0.25) is 0 Å². The summed E-state index contributed by atoms with van der Waals surface area (Å²) in [5.41, 5.74) is 0.429. The predicted octanol–water partition coefficient (Wildman–Crippen LogP) is 2.00. The molecule has 1 aromatic rings. The molecule has 1 rings (SSSR count). The van der Waals surface area contributed by atoms with Crippen LogP contribution in [0, 0.1) is 5.82 Å². The molecule has 1 aromatic carbocycles. The fourth-order valence-corrected chi connectivity index (χ4v) is 2.70. The molecule has 0 aliphatic carbocycles. The van der Waals surface area contributed by atoms with Gasteiger partial charge in [-0.1, -0.05) is 11.6 Å². The van der Waals surface area contributed by atoms with Crippen molar-refractivity contribution < 1.29 is 12.8 Å². The van der Waals surface area contributed by atoms with E-state index in [1.165, 1.54) is 24.5 Å². The molecule has 0 saturated carbocycles. The van der Waals surface area contributed by atoms with Gasteiger partial charge in [0.05, 0.1) is 5.75 Å². The fourth-order valence-electron chi connectivity index (χ4n) is 1.48. The molecule has 0 bridgehead atoms. The predicted molar refractivity (Wildman–Crippen MR) is 67.4 cm³/mol. The van der Waals surface area contributed by atoms with Gasteiger partial charge in [0.15, 0.2) is 0 Å².